The maximum Gasteiger partial charge on any atom is 0.306 e. The van der Waals surface area contributed by atoms with Crippen LogP contribution in [0.25, 0.3) is 0 Å². The van der Waals surface area contributed by atoms with Crippen molar-refractivity contribution in [3.8, 4) is 0 Å². The van der Waals surface area contributed by atoms with Crippen molar-refractivity contribution in [2.75, 3.05) is 18.5 Å². The summed E-state index contributed by atoms with van der Waals surface area (Å²) in [6, 6.07) is 9.83. The van der Waals surface area contributed by atoms with E-state index in [4.69, 9.17) is 9.47 Å². The number of carbonyl (C=O) groups is 2. The molecule has 1 unspecified atom stereocenters. The monoisotopic (exact) mass is 694 g/mol. The number of hydrogen-bond acceptors (Lipinski definition) is 5. The highest BCUT2D eigenvalue weighted by Crippen LogP contribution is 2.13. The average Bonchev–Trinajstić information content (AvgIpc) is 3.13. The fourth-order valence-corrected chi connectivity index (χ4v) is 5.85. The van der Waals surface area contributed by atoms with Gasteiger partial charge in [-0.05, 0) is 82.8 Å². The molecule has 0 heterocycles. The molecule has 1 aromatic carbocycles. The number of allylic oxidation sites excluding steroid dienone is 6. The van der Waals surface area contributed by atoms with Gasteiger partial charge in [-0.25, -0.2) is 0 Å². The minimum absolute atomic E-state index is 0.0804. The number of ether oxygens (including phenoxy) is 2. The van der Waals surface area contributed by atoms with Gasteiger partial charge in [-0.2, -0.15) is 0 Å². The van der Waals surface area contributed by atoms with Crippen LogP contribution in [0.1, 0.15) is 181 Å². The summed E-state index contributed by atoms with van der Waals surface area (Å²) in [5.41, 5.74) is 0.947. The topological polar surface area (TPSA) is 64.6 Å². The van der Waals surface area contributed by atoms with Gasteiger partial charge in [0.1, 0.15) is 6.61 Å². The number of benzene rings is 1. The van der Waals surface area contributed by atoms with Crippen LogP contribution in [0.4, 0.5) is 5.69 Å². The predicted molar refractivity (Wildman–Crippen MR) is 215 cm³/mol. The van der Waals surface area contributed by atoms with E-state index in [1.807, 2.05) is 30.3 Å². The highest BCUT2D eigenvalue weighted by molar-refractivity contribution is 5.70. The molecule has 0 saturated carbocycles. The molecule has 0 aliphatic carbocycles. The molecule has 0 aliphatic rings. The molecule has 0 saturated heterocycles. The van der Waals surface area contributed by atoms with E-state index in [0.29, 0.717) is 19.4 Å². The molecule has 1 aromatic rings. The summed E-state index contributed by atoms with van der Waals surface area (Å²) in [6.45, 7) is 4.99. The van der Waals surface area contributed by atoms with Gasteiger partial charge in [0.15, 0.2) is 6.10 Å². The number of unbranched alkanes of at least 4 members (excludes halogenated alkanes) is 19. The summed E-state index contributed by atoms with van der Waals surface area (Å²) in [5, 5.41) is 3.31. The third-order valence-electron chi connectivity index (χ3n) is 9.01. The summed E-state index contributed by atoms with van der Waals surface area (Å²) in [4.78, 5) is 25.1. The summed E-state index contributed by atoms with van der Waals surface area (Å²) >= 11 is 0. The third-order valence-corrected chi connectivity index (χ3v) is 9.01. The van der Waals surface area contributed by atoms with Crippen molar-refractivity contribution in [2.45, 2.75) is 187 Å². The molecule has 0 aromatic heterocycles. The normalized spacial score (nSPS) is 12.3. The van der Waals surface area contributed by atoms with Crippen LogP contribution in [0, 0.1) is 0 Å². The fraction of sp³-hybridized carbons (Fsp3) is 0.689. The number of nitrogens with one attached hydrogen (secondary N) is 1. The molecule has 0 radical (unpaired) electrons. The first-order valence-corrected chi connectivity index (χ1v) is 20.7. The summed E-state index contributed by atoms with van der Waals surface area (Å²) < 4.78 is 11.3. The van der Waals surface area contributed by atoms with Crippen molar-refractivity contribution in [2.24, 2.45) is 0 Å². The molecule has 0 fully saturated rings. The lowest BCUT2D eigenvalue weighted by Gasteiger charge is -2.19. The van der Waals surface area contributed by atoms with Crippen molar-refractivity contribution < 1.29 is 19.1 Å². The first kappa shape index (κ1) is 45.2. The Morgan fingerprint density at radius 1 is 0.560 bits per heavy atom. The van der Waals surface area contributed by atoms with Gasteiger partial charge in [0, 0.05) is 18.5 Å². The lowest BCUT2D eigenvalue weighted by atomic mass is 10.1. The first-order valence-electron chi connectivity index (χ1n) is 20.7. The van der Waals surface area contributed by atoms with E-state index in [0.717, 1.165) is 63.5 Å². The number of hydrogen-bond donors (Lipinski definition) is 1. The van der Waals surface area contributed by atoms with Crippen LogP contribution in [-0.2, 0) is 19.1 Å². The van der Waals surface area contributed by atoms with Gasteiger partial charge in [0.2, 0.25) is 0 Å². The molecule has 1 atom stereocenters. The molecule has 0 spiro atoms. The number of para-hydroxylation sites is 1. The Balaban J connectivity index is 2.17. The first-order chi connectivity index (χ1) is 24.7. The Bertz CT molecular complexity index is 986. The Morgan fingerprint density at radius 3 is 1.56 bits per heavy atom. The molecule has 0 bridgehead atoms. The van der Waals surface area contributed by atoms with E-state index < -0.39 is 6.10 Å². The van der Waals surface area contributed by atoms with Crippen molar-refractivity contribution in [1.82, 2.24) is 0 Å². The molecule has 284 valence electrons. The second-order valence-electron chi connectivity index (χ2n) is 13.9. The minimum atomic E-state index is -0.514. The molecule has 5 nitrogen and oxygen atoms in total. The lowest BCUT2D eigenvalue weighted by molar-refractivity contribution is -0.158. The van der Waals surface area contributed by atoms with Gasteiger partial charge in [-0.15, -0.1) is 0 Å². The molecular weight excluding hydrogens is 618 g/mol. The van der Waals surface area contributed by atoms with Gasteiger partial charge in [-0.1, -0.05) is 152 Å². The third kappa shape index (κ3) is 31.2. The predicted octanol–water partition coefficient (Wildman–Crippen LogP) is 13.4. The molecule has 1 N–H and O–H groups in total. The number of esters is 2. The molecule has 50 heavy (non-hydrogen) atoms. The molecule has 0 amide bonds. The Hall–Kier alpha value is -2.82. The molecule has 1 rings (SSSR count). The highest BCUT2D eigenvalue weighted by atomic mass is 16.6. The van der Waals surface area contributed by atoms with Crippen molar-refractivity contribution >= 4 is 17.6 Å². The van der Waals surface area contributed by atoms with Crippen LogP contribution in [-0.4, -0.2) is 31.2 Å². The van der Waals surface area contributed by atoms with E-state index in [1.54, 1.807) is 0 Å². The van der Waals surface area contributed by atoms with E-state index in [1.165, 1.54) is 96.3 Å². The van der Waals surface area contributed by atoms with Crippen LogP contribution in [0.3, 0.4) is 0 Å². The molecular formula is C45H75NO4. The van der Waals surface area contributed by atoms with Crippen LogP contribution >= 0.6 is 0 Å². The van der Waals surface area contributed by atoms with Crippen LogP contribution in [0.15, 0.2) is 66.8 Å². The molecule has 5 heteroatoms. The van der Waals surface area contributed by atoms with Gasteiger partial charge < -0.3 is 14.8 Å². The highest BCUT2D eigenvalue weighted by Gasteiger charge is 2.17. The smallest absolute Gasteiger partial charge is 0.306 e. The van der Waals surface area contributed by atoms with E-state index in [-0.39, 0.29) is 18.5 Å². The van der Waals surface area contributed by atoms with Crippen LogP contribution in [0.5, 0.6) is 0 Å². The minimum Gasteiger partial charge on any atom is -0.462 e. The van der Waals surface area contributed by atoms with Crippen LogP contribution < -0.4 is 5.32 Å². The standard InChI is InChI=1S/C45H75NO4/c1-3-5-7-9-11-13-15-17-19-21-23-25-27-29-34-38-44(47)49-41-43(40-46-42-36-32-31-33-37-42)50-45(48)39-35-30-28-26-24-22-20-18-16-14-12-10-8-6-4-2/h11,13,17-20,31-33,36-37,43,46H,3-10,12,14-16,21-30,34-35,38-41H2,1-2H3. The van der Waals surface area contributed by atoms with Crippen molar-refractivity contribution in [1.29, 1.82) is 0 Å². The second kappa shape index (κ2) is 36.0. The SMILES string of the molecule is CCCCCC=CCC=CCCCCCCCC(=O)OCC(CNc1ccccc1)OC(=O)CCCCCCCC=CCCCCCCCC. The van der Waals surface area contributed by atoms with E-state index >= 15 is 0 Å². The second-order valence-corrected chi connectivity index (χ2v) is 13.9. The zero-order valence-electron chi connectivity index (χ0n) is 32.4. The zero-order chi connectivity index (χ0) is 36.0. The van der Waals surface area contributed by atoms with E-state index in [9.17, 15) is 9.59 Å². The summed E-state index contributed by atoms with van der Waals surface area (Å²) in [5.74, 6) is -0.430. The van der Waals surface area contributed by atoms with Crippen molar-refractivity contribution in [3.63, 3.8) is 0 Å². The van der Waals surface area contributed by atoms with Gasteiger partial charge in [0.05, 0.1) is 6.54 Å². The number of anilines is 1. The lowest BCUT2D eigenvalue weighted by Crippen LogP contribution is -2.31. The Morgan fingerprint density at radius 2 is 1.00 bits per heavy atom. The number of rotatable bonds is 35. The zero-order valence-corrected chi connectivity index (χ0v) is 32.4. The van der Waals surface area contributed by atoms with Crippen molar-refractivity contribution in [3.05, 3.63) is 66.8 Å². The Kier molecular flexibility index (Phi) is 32.5. The maximum absolute atomic E-state index is 12.7. The quantitative estimate of drug-likeness (QED) is 0.0435. The maximum atomic E-state index is 12.7. The van der Waals surface area contributed by atoms with E-state index in [2.05, 4.69) is 55.6 Å². The largest absolute Gasteiger partial charge is 0.462 e. The van der Waals surface area contributed by atoms with Gasteiger partial charge >= 0.3 is 11.9 Å². The Labute approximate surface area is 308 Å². The fourth-order valence-electron chi connectivity index (χ4n) is 5.85. The van der Waals surface area contributed by atoms with Crippen LogP contribution in [0.2, 0.25) is 0 Å². The number of carbonyl (C=O) groups excluding carboxylic acids is 2. The van der Waals surface area contributed by atoms with Gasteiger partial charge in [0.25, 0.3) is 0 Å². The summed E-state index contributed by atoms with van der Waals surface area (Å²) in [7, 11) is 0. The average molecular weight is 694 g/mol. The molecule has 0 aliphatic heterocycles. The summed E-state index contributed by atoms with van der Waals surface area (Å²) in [6.07, 6.45) is 42.7. The van der Waals surface area contributed by atoms with Gasteiger partial charge in [-0.3, -0.25) is 9.59 Å².